The molecule has 1 aromatic carbocycles. The maximum atomic E-state index is 14.9. The normalized spacial score (nSPS) is 21.1. The molecule has 0 spiro atoms. The summed E-state index contributed by atoms with van der Waals surface area (Å²) in [6.07, 6.45) is 0.0728. The third-order valence-electron chi connectivity index (χ3n) is 7.29. The van der Waals surface area contributed by atoms with E-state index in [-0.39, 0.29) is 41.5 Å². The SMILES string of the molecule is CC[C@@]1(O)C(=O)OCc2c1cc1n(c2=O)Cc2cc3c4c(c(F)cc3nc2-1)OCN(C(C)C)C4. The lowest BCUT2D eigenvalue weighted by molar-refractivity contribution is -0.172. The molecule has 176 valence electrons. The molecule has 5 heterocycles. The van der Waals surface area contributed by atoms with Gasteiger partial charge in [-0.05, 0) is 32.4 Å². The van der Waals surface area contributed by atoms with Gasteiger partial charge < -0.3 is 19.1 Å². The number of nitrogens with zero attached hydrogens (tertiary/aromatic N) is 3. The van der Waals surface area contributed by atoms with Gasteiger partial charge in [0.1, 0.15) is 13.3 Å². The Hall–Kier alpha value is -3.30. The predicted octanol–water partition coefficient (Wildman–Crippen LogP) is 2.78. The van der Waals surface area contributed by atoms with Gasteiger partial charge in [0.2, 0.25) is 0 Å². The zero-order valence-corrected chi connectivity index (χ0v) is 19.1. The fraction of sp³-hybridized carbons (Fsp3) is 0.400. The molecule has 0 fully saturated rings. The van der Waals surface area contributed by atoms with Crippen molar-refractivity contribution in [1.82, 2.24) is 14.5 Å². The lowest BCUT2D eigenvalue weighted by Gasteiger charge is -2.32. The first-order chi connectivity index (χ1) is 16.2. The summed E-state index contributed by atoms with van der Waals surface area (Å²) < 4.78 is 27.4. The lowest BCUT2D eigenvalue weighted by atomic mass is 9.86. The number of carbonyl (C=O) groups excluding carboxylic acids is 1. The summed E-state index contributed by atoms with van der Waals surface area (Å²) in [5, 5.41) is 11.8. The Morgan fingerprint density at radius 1 is 1.18 bits per heavy atom. The van der Waals surface area contributed by atoms with Crippen molar-refractivity contribution in [3.8, 4) is 17.1 Å². The summed E-state index contributed by atoms with van der Waals surface area (Å²) in [6.45, 7) is 6.74. The number of rotatable bonds is 2. The number of aliphatic hydroxyl groups is 1. The van der Waals surface area contributed by atoms with Gasteiger partial charge in [0.25, 0.3) is 5.56 Å². The van der Waals surface area contributed by atoms with E-state index in [0.717, 1.165) is 16.5 Å². The predicted molar refractivity (Wildman–Crippen MR) is 121 cm³/mol. The highest BCUT2D eigenvalue weighted by molar-refractivity contribution is 5.89. The minimum absolute atomic E-state index is 0.0728. The van der Waals surface area contributed by atoms with Crippen LogP contribution in [0, 0.1) is 5.82 Å². The van der Waals surface area contributed by atoms with Gasteiger partial charge in [-0.25, -0.2) is 14.2 Å². The van der Waals surface area contributed by atoms with Gasteiger partial charge in [-0.15, -0.1) is 0 Å². The van der Waals surface area contributed by atoms with Gasteiger partial charge in [0.15, 0.2) is 17.2 Å². The zero-order valence-electron chi connectivity index (χ0n) is 19.1. The van der Waals surface area contributed by atoms with E-state index in [9.17, 15) is 19.1 Å². The van der Waals surface area contributed by atoms with E-state index < -0.39 is 17.4 Å². The molecule has 0 aliphatic carbocycles. The minimum Gasteiger partial charge on any atom is -0.475 e. The number of esters is 1. The second kappa shape index (κ2) is 7.10. The third-order valence-corrected chi connectivity index (χ3v) is 7.29. The first kappa shape index (κ1) is 21.2. The smallest absolute Gasteiger partial charge is 0.343 e. The van der Waals surface area contributed by atoms with E-state index in [1.165, 1.54) is 6.07 Å². The van der Waals surface area contributed by atoms with Crippen molar-refractivity contribution >= 4 is 16.9 Å². The van der Waals surface area contributed by atoms with E-state index in [0.29, 0.717) is 36.7 Å². The van der Waals surface area contributed by atoms with Crippen LogP contribution in [0.3, 0.4) is 0 Å². The average Bonchev–Trinajstić information content (AvgIpc) is 3.18. The molecule has 9 heteroatoms. The van der Waals surface area contributed by atoms with Crippen LogP contribution in [-0.4, -0.2) is 38.3 Å². The Labute approximate surface area is 194 Å². The van der Waals surface area contributed by atoms with Crippen LogP contribution in [0.4, 0.5) is 4.39 Å². The van der Waals surface area contributed by atoms with E-state index in [1.807, 2.05) is 6.07 Å². The molecular weight excluding hydrogens is 441 g/mol. The standard InChI is InChI=1S/C25H24FN3O5/c1-4-25(32)17-6-20-21-13(8-29(20)23(30)16(17)10-33-24(25)31)5-14-15-9-28(12(2)3)11-34-22(15)18(26)7-19(14)27-21/h5-7,12,32H,4,8-11H2,1-3H3/t25-/m0/s1. The molecule has 0 bridgehead atoms. The molecule has 1 atom stereocenters. The van der Waals surface area contributed by atoms with Gasteiger partial charge in [-0.3, -0.25) is 9.69 Å². The summed E-state index contributed by atoms with van der Waals surface area (Å²) >= 11 is 0. The van der Waals surface area contributed by atoms with Crippen molar-refractivity contribution in [2.75, 3.05) is 6.73 Å². The van der Waals surface area contributed by atoms with Crippen LogP contribution in [0.25, 0.3) is 22.3 Å². The second-order valence-electron chi connectivity index (χ2n) is 9.45. The molecule has 3 aliphatic rings. The summed E-state index contributed by atoms with van der Waals surface area (Å²) in [4.78, 5) is 32.5. The molecule has 3 aliphatic heterocycles. The number of hydrogen-bond donors (Lipinski definition) is 1. The Kier molecular flexibility index (Phi) is 4.44. The highest BCUT2D eigenvalue weighted by Gasteiger charge is 2.45. The van der Waals surface area contributed by atoms with Crippen LogP contribution in [0.15, 0.2) is 23.0 Å². The lowest BCUT2D eigenvalue weighted by Crippen LogP contribution is -2.44. The quantitative estimate of drug-likeness (QED) is 0.455. The number of pyridine rings is 2. The largest absolute Gasteiger partial charge is 0.475 e. The first-order valence-corrected chi connectivity index (χ1v) is 11.4. The molecule has 0 saturated heterocycles. The van der Waals surface area contributed by atoms with Gasteiger partial charge in [-0.2, -0.15) is 0 Å². The van der Waals surface area contributed by atoms with Crippen molar-refractivity contribution in [2.45, 2.75) is 58.5 Å². The van der Waals surface area contributed by atoms with Crippen molar-refractivity contribution in [2.24, 2.45) is 0 Å². The van der Waals surface area contributed by atoms with Crippen molar-refractivity contribution in [3.63, 3.8) is 0 Å². The number of aromatic nitrogens is 2. The van der Waals surface area contributed by atoms with E-state index >= 15 is 0 Å². The number of benzene rings is 1. The van der Waals surface area contributed by atoms with Crippen LogP contribution in [0.5, 0.6) is 5.75 Å². The summed E-state index contributed by atoms with van der Waals surface area (Å²) in [6, 6.07) is 5.19. The maximum absolute atomic E-state index is 14.9. The maximum Gasteiger partial charge on any atom is 0.343 e. The number of ether oxygens (including phenoxy) is 2. The molecule has 1 N–H and O–H groups in total. The Morgan fingerprint density at radius 3 is 2.71 bits per heavy atom. The van der Waals surface area contributed by atoms with Gasteiger partial charge in [0, 0.05) is 40.7 Å². The Balaban J connectivity index is 1.56. The number of carbonyl (C=O) groups is 1. The van der Waals surface area contributed by atoms with Crippen molar-refractivity contribution in [1.29, 1.82) is 0 Å². The molecule has 3 aromatic rings. The monoisotopic (exact) mass is 465 g/mol. The number of cyclic esters (lactones) is 1. The second-order valence-corrected chi connectivity index (χ2v) is 9.45. The van der Waals surface area contributed by atoms with Gasteiger partial charge in [-0.1, -0.05) is 6.92 Å². The Morgan fingerprint density at radius 2 is 1.97 bits per heavy atom. The average molecular weight is 465 g/mol. The van der Waals surface area contributed by atoms with Crippen LogP contribution in [-0.2, 0) is 34.8 Å². The molecule has 0 amide bonds. The number of halogens is 1. The molecular formula is C25H24FN3O5. The van der Waals surface area contributed by atoms with Crippen molar-refractivity contribution in [3.05, 3.63) is 56.6 Å². The Bertz CT molecular complexity index is 1460. The minimum atomic E-state index is -1.88. The highest BCUT2D eigenvalue weighted by atomic mass is 19.1. The summed E-state index contributed by atoms with van der Waals surface area (Å²) in [5.41, 5.74) is 1.39. The molecule has 0 radical (unpaired) electrons. The van der Waals surface area contributed by atoms with Crippen LogP contribution < -0.4 is 10.3 Å². The topological polar surface area (TPSA) is 93.9 Å². The molecule has 8 nitrogen and oxygen atoms in total. The molecule has 0 unspecified atom stereocenters. The first-order valence-electron chi connectivity index (χ1n) is 11.4. The van der Waals surface area contributed by atoms with E-state index in [1.54, 1.807) is 17.6 Å². The van der Waals surface area contributed by atoms with Gasteiger partial charge >= 0.3 is 5.97 Å². The van der Waals surface area contributed by atoms with Crippen LogP contribution in [0.1, 0.15) is 49.4 Å². The third kappa shape index (κ3) is 2.74. The highest BCUT2D eigenvalue weighted by Crippen LogP contribution is 2.41. The zero-order chi connectivity index (χ0) is 23.9. The van der Waals surface area contributed by atoms with Crippen molar-refractivity contribution < 1.29 is 23.8 Å². The van der Waals surface area contributed by atoms with Gasteiger partial charge in [0.05, 0.1) is 29.0 Å². The summed E-state index contributed by atoms with van der Waals surface area (Å²) in [5.74, 6) is -0.986. The van der Waals surface area contributed by atoms with Crippen LogP contribution in [0.2, 0.25) is 0 Å². The number of hydrogen-bond acceptors (Lipinski definition) is 7. The molecule has 6 rings (SSSR count). The number of fused-ring (bicyclic) bond motifs is 7. The van der Waals surface area contributed by atoms with Crippen LogP contribution >= 0.6 is 0 Å². The van der Waals surface area contributed by atoms with E-state index in [4.69, 9.17) is 14.5 Å². The molecule has 34 heavy (non-hydrogen) atoms. The fourth-order valence-electron chi connectivity index (χ4n) is 5.18. The van der Waals surface area contributed by atoms with E-state index in [2.05, 4.69) is 18.7 Å². The molecule has 0 saturated carbocycles. The fourth-order valence-corrected chi connectivity index (χ4v) is 5.18. The summed E-state index contributed by atoms with van der Waals surface area (Å²) in [7, 11) is 0. The molecule has 2 aromatic heterocycles.